The molecule has 0 saturated carbocycles. The van der Waals surface area contributed by atoms with Crippen molar-refractivity contribution in [1.29, 1.82) is 0 Å². The number of nitrogens with zero attached hydrogens (tertiary/aromatic N) is 3. The smallest absolute Gasteiger partial charge is 0.273 e. The molecule has 0 amide bonds. The number of pyridine rings is 1. The van der Waals surface area contributed by atoms with Crippen LogP contribution in [0, 0.1) is 5.92 Å². The predicted molar refractivity (Wildman–Crippen MR) is 169 cm³/mol. The molecule has 5 rings (SSSR count). The molecule has 244 valence electrons. The number of carbonyl (C=O) groups is 1. The van der Waals surface area contributed by atoms with Gasteiger partial charge < -0.3 is 20.2 Å². The van der Waals surface area contributed by atoms with E-state index in [1.165, 1.54) is 18.5 Å². The van der Waals surface area contributed by atoms with E-state index in [0.29, 0.717) is 92.9 Å². The van der Waals surface area contributed by atoms with Crippen LogP contribution in [0.5, 0.6) is 0 Å². The molecule has 2 N–H and O–H groups in total. The summed E-state index contributed by atoms with van der Waals surface area (Å²) in [7, 11) is -3.13. The zero-order valence-electron chi connectivity index (χ0n) is 25.5. The Hall–Kier alpha value is -3.29. The lowest BCUT2D eigenvalue weighted by atomic mass is 9.91. The van der Waals surface area contributed by atoms with E-state index in [1.54, 1.807) is 22.8 Å². The number of rotatable bonds is 15. The second-order valence-corrected chi connectivity index (χ2v) is 14.4. The summed E-state index contributed by atoms with van der Waals surface area (Å²) in [5.74, 6) is -2.72. The summed E-state index contributed by atoms with van der Waals surface area (Å²) < 4.78 is 61.7. The van der Waals surface area contributed by atoms with E-state index in [1.807, 2.05) is 6.92 Å². The maximum atomic E-state index is 15.1. The molecular weight excluding hydrogens is 604 g/mol. The Kier molecular flexibility index (Phi) is 10.6. The van der Waals surface area contributed by atoms with Crippen LogP contribution in [0.1, 0.15) is 74.1 Å². The van der Waals surface area contributed by atoms with Crippen LogP contribution in [-0.4, -0.2) is 67.0 Å². The number of benzene rings is 1. The largest absolute Gasteiger partial charge is 0.381 e. The normalized spacial score (nSPS) is 18.0. The summed E-state index contributed by atoms with van der Waals surface area (Å²) >= 11 is 0. The number of aldehydes is 1. The van der Waals surface area contributed by atoms with Crippen LogP contribution >= 0.6 is 0 Å². The number of nitrogens with one attached hydrogen (secondary N) is 2. The topological polar surface area (TPSA) is 132 Å². The minimum absolute atomic E-state index is 0.0233. The van der Waals surface area contributed by atoms with Crippen molar-refractivity contribution in [2.24, 2.45) is 5.92 Å². The van der Waals surface area contributed by atoms with Gasteiger partial charge in [-0.2, -0.15) is 0 Å². The summed E-state index contributed by atoms with van der Waals surface area (Å²) in [5.41, 5.74) is 1.37. The lowest BCUT2D eigenvalue weighted by molar-refractivity contribution is -0.108. The van der Waals surface area contributed by atoms with Gasteiger partial charge in [0.1, 0.15) is 33.9 Å². The molecule has 2 aliphatic rings. The van der Waals surface area contributed by atoms with Crippen LogP contribution in [0.25, 0.3) is 11.0 Å². The molecule has 0 spiro atoms. The lowest BCUT2D eigenvalue weighted by Crippen LogP contribution is -2.44. The van der Waals surface area contributed by atoms with Gasteiger partial charge >= 0.3 is 0 Å². The van der Waals surface area contributed by atoms with Crippen LogP contribution in [0.4, 0.5) is 14.6 Å². The number of fused-ring (bicyclic) bond motifs is 1. The van der Waals surface area contributed by atoms with Gasteiger partial charge in [-0.1, -0.05) is 18.2 Å². The van der Waals surface area contributed by atoms with Crippen LogP contribution in [-0.2, 0) is 31.8 Å². The van der Waals surface area contributed by atoms with Crippen molar-refractivity contribution in [3.8, 4) is 0 Å². The summed E-state index contributed by atoms with van der Waals surface area (Å²) in [4.78, 5) is 33.3. The summed E-state index contributed by atoms with van der Waals surface area (Å²) in [6.45, 7) is 4.24. The number of aryl methyl sites for hydroxylation is 1. The Morgan fingerprint density at radius 3 is 2.62 bits per heavy atom. The highest BCUT2D eigenvalue weighted by Gasteiger charge is 2.37. The maximum absolute atomic E-state index is 15.1. The third kappa shape index (κ3) is 8.11. The van der Waals surface area contributed by atoms with E-state index in [0.717, 1.165) is 6.29 Å². The molecule has 1 atom stereocenters. The Bertz CT molecular complexity index is 1650. The molecule has 2 aliphatic heterocycles. The van der Waals surface area contributed by atoms with Crippen LogP contribution < -0.4 is 16.2 Å². The van der Waals surface area contributed by atoms with Crippen molar-refractivity contribution in [3.05, 3.63) is 63.7 Å². The van der Waals surface area contributed by atoms with E-state index in [-0.39, 0.29) is 40.9 Å². The number of halogens is 2. The molecule has 1 aromatic carbocycles. The van der Waals surface area contributed by atoms with Gasteiger partial charge in [0.15, 0.2) is 0 Å². The first kappa shape index (κ1) is 33.1. The molecule has 13 heteroatoms. The lowest BCUT2D eigenvalue weighted by Gasteiger charge is -2.31. The second kappa shape index (κ2) is 14.4. The Morgan fingerprint density at radius 2 is 1.91 bits per heavy atom. The fraction of sp³-hybridized carbons (Fsp3) is 0.562. The number of alkyl halides is 2. The third-order valence-electron chi connectivity index (χ3n) is 8.76. The van der Waals surface area contributed by atoms with Gasteiger partial charge in [0.25, 0.3) is 11.5 Å². The third-order valence-corrected chi connectivity index (χ3v) is 10.5. The number of carbonyl (C=O) groups excluding carboxylic acids is 1. The SMILES string of the molecule is CC(Nc1ncnc2c1cc(C1CCS(=O)(=O)CC1)c(=O)n2CCCOCCCC=O)c1cccc(C(F)(F)CC2CNC2)c1. The first-order valence-electron chi connectivity index (χ1n) is 15.6. The van der Waals surface area contributed by atoms with E-state index >= 15 is 8.78 Å². The Morgan fingerprint density at radius 1 is 1.16 bits per heavy atom. The van der Waals surface area contributed by atoms with Crippen LogP contribution in [0.2, 0.25) is 0 Å². The number of aromatic nitrogens is 3. The molecule has 45 heavy (non-hydrogen) atoms. The van der Waals surface area contributed by atoms with Gasteiger partial charge in [-0.25, -0.2) is 27.2 Å². The maximum Gasteiger partial charge on any atom is 0.273 e. The standard InChI is InChI=1S/C32H41F2N5O5S/c1-22(25-6-4-7-26(16-25)32(33,34)18-23-19-35-20-23)38-29-28-17-27(24-8-14-45(42,43)15-9-24)31(41)39(30(28)37-21-36-29)10-5-13-44-12-3-2-11-40/h4,6-7,11,16-17,21-24,35H,2-3,5,8-10,12-15,18-20H2,1H3,(H,36,37,38). The highest BCUT2D eigenvalue weighted by atomic mass is 32.2. The van der Waals surface area contributed by atoms with Crippen molar-refractivity contribution in [2.75, 3.05) is 43.1 Å². The summed E-state index contributed by atoms with van der Waals surface area (Å²) in [5, 5.41) is 7.00. The molecule has 0 aliphatic carbocycles. The van der Waals surface area contributed by atoms with Crippen molar-refractivity contribution >= 4 is 33.0 Å². The zero-order chi connectivity index (χ0) is 32.0. The van der Waals surface area contributed by atoms with Gasteiger partial charge in [0.05, 0.1) is 16.9 Å². The molecule has 2 aromatic heterocycles. The second-order valence-electron chi connectivity index (χ2n) is 12.1. The minimum atomic E-state index is -3.13. The predicted octanol–water partition coefficient (Wildman–Crippen LogP) is 4.34. The number of hydrogen-bond donors (Lipinski definition) is 2. The van der Waals surface area contributed by atoms with Crippen molar-refractivity contribution in [3.63, 3.8) is 0 Å². The monoisotopic (exact) mass is 645 g/mol. The summed E-state index contributed by atoms with van der Waals surface area (Å²) in [6, 6.07) is 7.80. The summed E-state index contributed by atoms with van der Waals surface area (Å²) in [6.07, 6.45) is 4.32. The van der Waals surface area contributed by atoms with Crippen molar-refractivity contribution < 1.29 is 26.7 Å². The molecule has 0 radical (unpaired) electrons. The number of ether oxygens (including phenoxy) is 1. The molecule has 2 saturated heterocycles. The molecule has 2 fully saturated rings. The van der Waals surface area contributed by atoms with Gasteiger partial charge in [-0.15, -0.1) is 0 Å². The van der Waals surface area contributed by atoms with Gasteiger partial charge in [0.2, 0.25) is 0 Å². The number of unbranched alkanes of at least 4 members (excludes halogenated alkanes) is 1. The fourth-order valence-corrected chi connectivity index (χ4v) is 7.50. The number of anilines is 1. The van der Waals surface area contributed by atoms with Gasteiger partial charge in [0, 0.05) is 49.8 Å². The Balaban J connectivity index is 1.43. The van der Waals surface area contributed by atoms with Crippen molar-refractivity contribution in [2.45, 2.75) is 69.9 Å². The molecule has 3 aromatic rings. The quantitative estimate of drug-likeness (QED) is 0.183. The van der Waals surface area contributed by atoms with E-state index in [9.17, 15) is 18.0 Å². The van der Waals surface area contributed by atoms with Crippen LogP contribution in [0.3, 0.4) is 0 Å². The first-order valence-corrected chi connectivity index (χ1v) is 17.5. The fourth-order valence-electron chi connectivity index (χ4n) is 6.01. The Labute approximate surface area is 261 Å². The zero-order valence-corrected chi connectivity index (χ0v) is 26.3. The average molecular weight is 646 g/mol. The van der Waals surface area contributed by atoms with Crippen molar-refractivity contribution in [1.82, 2.24) is 19.9 Å². The number of sulfone groups is 1. The minimum Gasteiger partial charge on any atom is -0.381 e. The van der Waals surface area contributed by atoms with E-state index < -0.39 is 21.8 Å². The first-order chi connectivity index (χ1) is 21.6. The van der Waals surface area contributed by atoms with E-state index in [4.69, 9.17) is 4.74 Å². The number of hydrogen-bond acceptors (Lipinski definition) is 9. The van der Waals surface area contributed by atoms with Gasteiger partial charge in [-0.05, 0) is 75.2 Å². The van der Waals surface area contributed by atoms with Crippen LogP contribution in [0.15, 0.2) is 41.5 Å². The highest BCUT2D eigenvalue weighted by Crippen LogP contribution is 2.37. The highest BCUT2D eigenvalue weighted by molar-refractivity contribution is 7.91. The molecular formula is C32H41F2N5O5S. The molecule has 10 nitrogen and oxygen atoms in total. The molecule has 4 heterocycles. The molecule has 0 bridgehead atoms. The van der Waals surface area contributed by atoms with Gasteiger partial charge in [-0.3, -0.25) is 9.36 Å². The molecule has 1 unspecified atom stereocenters. The van der Waals surface area contributed by atoms with E-state index in [2.05, 4.69) is 20.6 Å². The average Bonchev–Trinajstić information content (AvgIpc) is 3.00.